The van der Waals surface area contributed by atoms with E-state index < -0.39 is 0 Å². The summed E-state index contributed by atoms with van der Waals surface area (Å²) in [7, 11) is 1.63. The van der Waals surface area contributed by atoms with Gasteiger partial charge in [-0.25, -0.2) is 0 Å². The van der Waals surface area contributed by atoms with Crippen LogP contribution in [-0.2, 0) is 11.2 Å². The second kappa shape index (κ2) is 6.10. The average molecular weight is 297 g/mol. The van der Waals surface area contributed by atoms with E-state index in [9.17, 15) is 4.79 Å². The predicted molar refractivity (Wildman–Crippen MR) is 85.6 cm³/mol. The van der Waals surface area contributed by atoms with Crippen LogP contribution in [0.15, 0.2) is 48.5 Å². The summed E-state index contributed by atoms with van der Waals surface area (Å²) >= 11 is 0. The van der Waals surface area contributed by atoms with Gasteiger partial charge in [0.15, 0.2) is 0 Å². The Morgan fingerprint density at radius 2 is 2.09 bits per heavy atom. The molecular formula is C18H19NO3. The SMILES string of the molecule is COc1cccc(CC(=O)N2CC(C)Oc3ccccc32)c1. The minimum Gasteiger partial charge on any atom is -0.497 e. The van der Waals surface area contributed by atoms with Crippen LogP contribution in [0.2, 0.25) is 0 Å². The Labute approximate surface area is 130 Å². The first-order valence-corrected chi connectivity index (χ1v) is 7.36. The number of para-hydroxylation sites is 2. The first kappa shape index (κ1) is 14.4. The number of hydrogen-bond donors (Lipinski definition) is 0. The molecule has 1 unspecified atom stereocenters. The summed E-state index contributed by atoms with van der Waals surface area (Å²) in [6, 6.07) is 15.3. The van der Waals surface area contributed by atoms with Gasteiger partial charge in [-0.1, -0.05) is 24.3 Å². The summed E-state index contributed by atoms with van der Waals surface area (Å²) in [6.07, 6.45) is 0.335. The highest BCUT2D eigenvalue weighted by atomic mass is 16.5. The molecule has 114 valence electrons. The number of hydrogen-bond acceptors (Lipinski definition) is 3. The number of benzene rings is 2. The molecule has 1 atom stereocenters. The molecule has 0 saturated heterocycles. The summed E-state index contributed by atoms with van der Waals surface area (Å²) in [5.74, 6) is 1.59. The van der Waals surface area contributed by atoms with Crippen molar-refractivity contribution >= 4 is 11.6 Å². The Bertz CT molecular complexity index is 684. The number of anilines is 1. The third kappa shape index (κ3) is 2.91. The van der Waals surface area contributed by atoms with E-state index in [4.69, 9.17) is 9.47 Å². The van der Waals surface area contributed by atoms with E-state index in [0.29, 0.717) is 13.0 Å². The number of nitrogens with zero attached hydrogens (tertiary/aromatic N) is 1. The van der Waals surface area contributed by atoms with Crippen molar-refractivity contribution in [1.29, 1.82) is 0 Å². The van der Waals surface area contributed by atoms with Crippen LogP contribution in [0.1, 0.15) is 12.5 Å². The van der Waals surface area contributed by atoms with Crippen LogP contribution in [0, 0.1) is 0 Å². The first-order chi connectivity index (χ1) is 10.7. The quantitative estimate of drug-likeness (QED) is 0.874. The van der Waals surface area contributed by atoms with Crippen molar-refractivity contribution in [3.8, 4) is 11.5 Å². The molecular weight excluding hydrogens is 278 g/mol. The monoisotopic (exact) mass is 297 g/mol. The summed E-state index contributed by atoms with van der Waals surface area (Å²) < 4.78 is 11.0. The Balaban J connectivity index is 1.83. The predicted octanol–water partition coefficient (Wildman–Crippen LogP) is 3.05. The zero-order chi connectivity index (χ0) is 15.5. The van der Waals surface area contributed by atoms with Gasteiger partial charge in [-0.15, -0.1) is 0 Å². The molecule has 0 bridgehead atoms. The lowest BCUT2D eigenvalue weighted by Gasteiger charge is -2.33. The molecule has 0 saturated carbocycles. The van der Waals surface area contributed by atoms with Gasteiger partial charge in [0.2, 0.25) is 5.91 Å². The second-order valence-electron chi connectivity index (χ2n) is 5.43. The second-order valence-corrected chi connectivity index (χ2v) is 5.43. The minimum atomic E-state index is -0.0100. The number of rotatable bonds is 3. The first-order valence-electron chi connectivity index (χ1n) is 7.36. The highest BCUT2D eigenvalue weighted by molar-refractivity contribution is 5.96. The van der Waals surface area contributed by atoms with Crippen LogP contribution >= 0.6 is 0 Å². The summed E-state index contributed by atoms with van der Waals surface area (Å²) in [5, 5.41) is 0. The van der Waals surface area contributed by atoms with E-state index in [1.54, 1.807) is 7.11 Å². The van der Waals surface area contributed by atoms with E-state index in [0.717, 1.165) is 22.7 Å². The average Bonchev–Trinajstić information content (AvgIpc) is 2.54. The van der Waals surface area contributed by atoms with E-state index in [1.165, 1.54) is 0 Å². The van der Waals surface area contributed by atoms with Gasteiger partial charge in [-0.05, 0) is 36.8 Å². The lowest BCUT2D eigenvalue weighted by Crippen LogP contribution is -2.43. The van der Waals surface area contributed by atoms with E-state index in [2.05, 4.69) is 0 Å². The maximum atomic E-state index is 12.7. The molecule has 1 amide bonds. The molecule has 0 spiro atoms. The van der Waals surface area contributed by atoms with E-state index in [-0.39, 0.29) is 12.0 Å². The van der Waals surface area contributed by atoms with Crippen molar-refractivity contribution in [2.75, 3.05) is 18.6 Å². The van der Waals surface area contributed by atoms with Gasteiger partial charge in [-0.3, -0.25) is 4.79 Å². The van der Waals surface area contributed by atoms with Crippen LogP contribution in [0.25, 0.3) is 0 Å². The van der Waals surface area contributed by atoms with Crippen molar-refractivity contribution < 1.29 is 14.3 Å². The van der Waals surface area contributed by atoms with Crippen molar-refractivity contribution in [2.24, 2.45) is 0 Å². The lowest BCUT2D eigenvalue weighted by atomic mass is 10.1. The number of carbonyl (C=O) groups is 1. The molecule has 2 aromatic carbocycles. The molecule has 0 N–H and O–H groups in total. The molecule has 0 fully saturated rings. The summed E-state index contributed by atoms with van der Waals surface area (Å²) in [5.41, 5.74) is 1.79. The molecule has 4 heteroatoms. The Morgan fingerprint density at radius 1 is 1.27 bits per heavy atom. The molecule has 4 nitrogen and oxygen atoms in total. The van der Waals surface area contributed by atoms with Crippen molar-refractivity contribution in [3.05, 3.63) is 54.1 Å². The van der Waals surface area contributed by atoms with Crippen molar-refractivity contribution in [3.63, 3.8) is 0 Å². The van der Waals surface area contributed by atoms with Crippen LogP contribution in [0.4, 0.5) is 5.69 Å². The smallest absolute Gasteiger partial charge is 0.231 e. The van der Waals surface area contributed by atoms with Crippen LogP contribution in [0.3, 0.4) is 0 Å². The highest BCUT2D eigenvalue weighted by Gasteiger charge is 2.27. The third-order valence-electron chi connectivity index (χ3n) is 3.71. The fourth-order valence-electron chi connectivity index (χ4n) is 2.68. The summed E-state index contributed by atoms with van der Waals surface area (Å²) in [4.78, 5) is 14.5. The van der Waals surface area contributed by atoms with Gasteiger partial charge in [0.25, 0.3) is 0 Å². The Kier molecular flexibility index (Phi) is 4.00. The van der Waals surface area contributed by atoms with Crippen LogP contribution < -0.4 is 14.4 Å². The Morgan fingerprint density at radius 3 is 2.91 bits per heavy atom. The zero-order valence-corrected chi connectivity index (χ0v) is 12.8. The van der Waals surface area contributed by atoms with E-state index in [1.807, 2.05) is 60.4 Å². The molecule has 2 aromatic rings. The van der Waals surface area contributed by atoms with Crippen molar-refractivity contribution in [1.82, 2.24) is 0 Å². The molecule has 0 aromatic heterocycles. The Hall–Kier alpha value is -2.49. The molecule has 0 aliphatic carbocycles. The molecule has 1 heterocycles. The zero-order valence-electron chi connectivity index (χ0n) is 12.8. The molecule has 0 radical (unpaired) electrons. The number of amides is 1. The molecule has 3 rings (SSSR count). The standard InChI is InChI=1S/C18H19NO3/c1-13-12-19(16-8-3-4-9-17(16)22-13)18(20)11-14-6-5-7-15(10-14)21-2/h3-10,13H,11-12H2,1-2H3. The largest absolute Gasteiger partial charge is 0.497 e. The van der Waals surface area contributed by atoms with Gasteiger partial charge >= 0.3 is 0 Å². The van der Waals surface area contributed by atoms with Gasteiger partial charge in [0.1, 0.15) is 17.6 Å². The van der Waals surface area contributed by atoms with Gasteiger partial charge in [-0.2, -0.15) is 0 Å². The van der Waals surface area contributed by atoms with Gasteiger partial charge in [0.05, 0.1) is 25.8 Å². The fourth-order valence-corrected chi connectivity index (χ4v) is 2.68. The third-order valence-corrected chi connectivity index (χ3v) is 3.71. The lowest BCUT2D eigenvalue weighted by molar-refractivity contribution is -0.118. The fraction of sp³-hybridized carbons (Fsp3) is 0.278. The topological polar surface area (TPSA) is 38.8 Å². The number of fused-ring (bicyclic) bond motifs is 1. The summed E-state index contributed by atoms with van der Waals surface area (Å²) in [6.45, 7) is 2.54. The molecule has 1 aliphatic rings. The maximum Gasteiger partial charge on any atom is 0.231 e. The molecule has 22 heavy (non-hydrogen) atoms. The van der Waals surface area contributed by atoms with Crippen LogP contribution in [-0.4, -0.2) is 25.7 Å². The molecule has 1 aliphatic heterocycles. The van der Waals surface area contributed by atoms with Crippen LogP contribution in [0.5, 0.6) is 11.5 Å². The highest BCUT2D eigenvalue weighted by Crippen LogP contribution is 2.33. The van der Waals surface area contributed by atoms with E-state index >= 15 is 0 Å². The van der Waals surface area contributed by atoms with Crippen molar-refractivity contribution in [2.45, 2.75) is 19.4 Å². The van der Waals surface area contributed by atoms with Gasteiger partial charge < -0.3 is 14.4 Å². The number of ether oxygens (including phenoxy) is 2. The van der Waals surface area contributed by atoms with Gasteiger partial charge in [0, 0.05) is 0 Å². The number of carbonyl (C=O) groups excluding carboxylic acids is 1. The normalized spacial score (nSPS) is 16.6. The number of methoxy groups -OCH3 is 1. The minimum absolute atomic E-state index is 0.0100. The maximum absolute atomic E-state index is 12.7.